The predicted molar refractivity (Wildman–Crippen MR) is 71.1 cm³/mol. The Morgan fingerprint density at radius 1 is 1.39 bits per heavy atom. The number of amides is 1. The van der Waals surface area contributed by atoms with E-state index in [1.165, 1.54) is 0 Å². The SMILES string of the molecule is CCOC1CC(NC(=O)C2(N)CCCC2)C1(C)C. The van der Waals surface area contributed by atoms with E-state index >= 15 is 0 Å². The van der Waals surface area contributed by atoms with Crippen molar-refractivity contribution in [3.63, 3.8) is 0 Å². The topological polar surface area (TPSA) is 64.3 Å². The molecule has 0 spiro atoms. The van der Waals surface area contributed by atoms with E-state index in [1.54, 1.807) is 0 Å². The van der Waals surface area contributed by atoms with Gasteiger partial charge in [0, 0.05) is 18.1 Å². The second-order valence-corrected chi connectivity index (χ2v) is 6.39. The summed E-state index contributed by atoms with van der Waals surface area (Å²) in [4.78, 5) is 12.2. The van der Waals surface area contributed by atoms with Gasteiger partial charge in [0.25, 0.3) is 0 Å². The molecule has 0 aromatic rings. The maximum absolute atomic E-state index is 12.2. The summed E-state index contributed by atoms with van der Waals surface area (Å²) < 4.78 is 5.67. The Hall–Kier alpha value is -0.610. The van der Waals surface area contributed by atoms with Gasteiger partial charge in [0.15, 0.2) is 0 Å². The van der Waals surface area contributed by atoms with Crippen LogP contribution in [-0.4, -0.2) is 30.2 Å². The monoisotopic (exact) mass is 254 g/mol. The van der Waals surface area contributed by atoms with Crippen molar-refractivity contribution in [3.05, 3.63) is 0 Å². The Morgan fingerprint density at radius 2 is 2.00 bits per heavy atom. The standard InChI is InChI=1S/C14H26N2O2/c1-4-18-11-9-10(13(11,2)3)16-12(17)14(15)7-5-6-8-14/h10-11H,4-9,15H2,1-3H3,(H,16,17). The predicted octanol–water partition coefficient (Wildman–Crippen LogP) is 1.58. The third kappa shape index (κ3) is 2.28. The zero-order valence-corrected chi connectivity index (χ0v) is 11.8. The van der Waals surface area contributed by atoms with Gasteiger partial charge in [0.2, 0.25) is 5.91 Å². The first-order chi connectivity index (χ1) is 8.40. The first-order valence-electron chi connectivity index (χ1n) is 7.11. The molecule has 2 aliphatic rings. The van der Waals surface area contributed by atoms with Gasteiger partial charge in [-0.1, -0.05) is 26.7 Å². The van der Waals surface area contributed by atoms with Gasteiger partial charge >= 0.3 is 0 Å². The van der Waals surface area contributed by atoms with Gasteiger partial charge in [0.05, 0.1) is 11.6 Å². The van der Waals surface area contributed by atoms with Crippen molar-refractivity contribution in [1.29, 1.82) is 0 Å². The highest BCUT2D eigenvalue weighted by atomic mass is 16.5. The van der Waals surface area contributed by atoms with Gasteiger partial charge in [-0.25, -0.2) is 0 Å². The number of nitrogens with one attached hydrogen (secondary N) is 1. The normalized spacial score (nSPS) is 32.9. The van der Waals surface area contributed by atoms with Crippen LogP contribution in [-0.2, 0) is 9.53 Å². The van der Waals surface area contributed by atoms with E-state index in [-0.39, 0.29) is 23.5 Å². The van der Waals surface area contributed by atoms with Crippen molar-refractivity contribution in [1.82, 2.24) is 5.32 Å². The molecule has 0 radical (unpaired) electrons. The molecule has 2 fully saturated rings. The molecule has 0 heterocycles. The molecule has 0 aromatic carbocycles. The molecule has 2 aliphatic carbocycles. The van der Waals surface area contributed by atoms with Gasteiger partial charge in [-0.3, -0.25) is 4.79 Å². The third-order valence-electron chi connectivity index (χ3n) is 4.80. The first-order valence-corrected chi connectivity index (χ1v) is 7.11. The van der Waals surface area contributed by atoms with E-state index < -0.39 is 5.54 Å². The van der Waals surface area contributed by atoms with Crippen LogP contribution in [0.2, 0.25) is 0 Å². The number of hydrogen-bond donors (Lipinski definition) is 2. The Kier molecular flexibility index (Phi) is 3.70. The molecule has 0 aromatic heterocycles. The summed E-state index contributed by atoms with van der Waals surface area (Å²) in [5.41, 5.74) is 5.56. The molecule has 4 nitrogen and oxygen atoms in total. The summed E-state index contributed by atoms with van der Waals surface area (Å²) in [5.74, 6) is 0.0352. The highest BCUT2D eigenvalue weighted by molar-refractivity contribution is 5.86. The number of nitrogens with two attached hydrogens (primary N) is 1. The zero-order valence-electron chi connectivity index (χ0n) is 11.8. The van der Waals surface area contributed by atoms with Gasteiger partial charge < -0.3 is 15.8 Å². The van der Waals surface area contributed by atoms with Crippen molar-refractivity contribution in [2.75, 3.05) is 6.61 Å². The quantitative estimate of drug-likeness (QED) is 0.800. The summed E-state index contributed by atoms with van der Waals surface area (Å²) >= 11 is 0. The molecule has 2 atom stereocenters. The molecule has 2 rings (SSSR count). The zero-order chi connectivity index (χ0) is 13.4. The summed E-state index contributed by atoms with van der Waals surface area (Å²) in [6.07, 6.45) is 4.94. The number of hydrogen-bond acceptors (Lipinski definition) is 3. The number of carbonyl (C=O) groups is 1. The molecule has 4 heteroatoms. The Bertz CT molecular complexity index is 322. The van der Waals surface area contributed by atoms with Crippen LogP contribution in [0.5, 0.6) is 0 Å². The summed E-state index contributed by atoms with van der Waals surface area (Å²) in [5, 5.41) is 3.13. The number of carbonyl (C=O) groups excluding carboxylic acids is 1. The first kappa shape index (κ1) is 13.8. The van der Waals surface area contributed by atoms with Gasteiger partial charge in [-0.2, -0.15) is 0 Å². The largest absolute Gasteiger partial charge is 0.378 e. The summed E-state index contributed by atoms with van der Waals surface area (Å²) in [7, 11) is 0. The Balaban J connectivity index is 1.90. The lowest BCUT2D eigenvalue weighted by Crippen LogP contribution is -2.65. The maximum atomic E-state index is 12.2. The fraction of sp³-hybridized carbons (Fsp3) is 0.929. The van der Waals surface area contributed by atoms with E-state index in [9.17, 15) is 4.79 Å². The Labute approximate surface area is 110 Å². The minimum atomic E-state index is -0.618. The van der Waals surface area contributed by atoms with Crippen LogP contribution in [0, 0.1) is 5.41 Å². The lowest BCUT2D eigenvalue weighted by molar-refractivity contribution is -0.140. The lowest BCUT2D eigenvalue weighted by Gasteiger charge is -2.52. The van der Waals surface area contributed by atoms with Crippen LogP contribution in [0.1, 0.15) is 52.9 Å². The van der Waals surface area contributed by atoms with E-state index in [0.717, 1.165) is 38.7 Å². The maximum Gasteiger partial charge on any atom is 0.240 e. The van der Waals surface area contributed by atoms with E-state index in [4.69, 9.17) is 10.5 Å². The van der Waals surface area contributed by atoms with Crippen LogP contribution in [0.3, 0.4) is 0 Å². The van der Waals surface area contributed by atoms with Crippen molar-refractivity contribution in [3.8, 4) is 0 Å². The third-order valence-corrected chi connectivity index (χ3v) is 4.80. The van der Waals surface area contributed by atoms with E-state index in [1.807, 2.05) is 6.92 Å². The minimum absolute atomic E-state index is 0.0145. The van der Waals surface area contributed by atoms with Crippen molar-refractivity contribution >= 4 is 5.91 Å². The highest BCUT2D eigenvalue weighted by Gasteiger charge is 2.51. The van der Waals surface area contributed by atoms with Crippen molar-refractivity contribution in [2.24, 2.45) is 11.1 Å². The Morgan fingerprint density at radius 3 is 2.50 bits per heavy atom. The molecule has 0 aliphatic heterocycles. The van der Waals surface area contributed by atoms with Gasteiger partial charge in [-0.05, 0) is 26.2 Å². The lowest BCUT2D eigenvalue weighted by atomic mass is 9.64. The molecule has 104 valence electrons. The highest BCUT2D eigenvalue weighted by Crippen LogP contribution is 2.43. The summed E-state index contributed by atoms with van der Waals surface area (Å²) in [6, 6.07) is 0.197. The van der Waals surface area contributed by atoms with Crippen LogP contribution in [0.4, 0.5) is 0 Å². The molecule has 2 saturated carbocycles. The number of rotatable bonds is 4. The van der Waals surface area contributed by atoms with E-state index in [0.29, 0.717) is 0 Å². The minimum Gasteiger partial charge on any atom is -0.378 e. The van der Waals surface area contributed by atoms with E-state index in [2.05, 4.69) is 19.2 Å². The van der Waals surface area contributed by atoms with Gasteiger partial charge in [0.1, 0.15) is 0 Å². The van der Waals surface area contributed by atoms with Crippen LogP contribution < -0.4 is 11.1 Å². The molecule has 0 saturated heterocycles. The van der Waals surface area contributed by atoms with Crippen molar-refractivity contribution in [2.45, 2.75) is 70.6 Å². The molecule has 1 amide bonds. The van der Waals surface area contributed by atoms with Gasteiger partial charge in [-0.15, -0.1) is 0 Å². The second kappa shape index (κ2) is 4.82. The molecule has 2 unspecified atom stereocenters. The molecule has 3 N–H and O–H groups in total. The van der Waals surface area contributed by atoms with Crippen molar-refractivity contribution < 1.29 is 9.53 Å². The average molecular weight is 254 g/mol. The summed E-state index contributed by atoms with van der Waals surface area (Å²) in [6.45, 7) is 7.05. The fourth-order valence-corrected chi connectivity index (χ4v) is 3.15. The molecule has 0 bridgehead atoms. The molecule has 18 heavy (non-hydrogen) atoms. The molecular formula is C14H26N2O2. The average Bonchev–Trinajstić information content (AvgIpc) is 2.76. The number of ether oxygens (including phenoxy) is 1. The van der Waals surface area contributed by atoms with Crippen LogP contribution in [0.15, 0.2) is 0 Å². The smallest absolute Gasteiger partial charge is 0.240 e. The molecular weight excluding hydrogens is 228 g/mol. The van der Waals surface area contributed by atoms with Crippen LogP contribution >= 0.6 is 0 Å². The van der Waals surface area contributed by atoms with Crippen LogP contribution in [0.25, 0.3) is 0 Å². The second-order valence-electron chi connectivity index (χ2n) is 6.39. The fourth-order valence-electron chi connectivity index (χ4n) is 3.15.